The quantitative estimate of drug-likeness (QED) is 0.506. The Kier molecular flexibility index (Phi) is 6.70. The van der Waals surface area contributed by atoms with E-state index in [0.29, 0.717) is 18.6 Å². The average molecular weight is 445 g/mol. The van der Waals surface area contributed by atoms with Crippen LogP contribution in [-0.4, -0.2) is 31.1 Å². The summed E-state index contributed by atoms with van der Waals surface area (Å²) in [5.41, 5.74) is 4.06. The van der Waals surface area contributed by atoms with Crippen LogP contribution >= 0.6 is 11.3 Å². The van der Waals surface area contributed by atoms with Gasteiger partial charge in [-0.15, -0.1) is 11.3 Å². The molecule has 2 aromatic carbocycles. The fourth-order valence-corrected chi connectivity index (χ4v) is 5.12. The Morgan fingerprint density at radius 1 is 1.13 bits per heavy atom. The van der Waals surface area contributed by atoms with Gasteiger partial charge < -0.3 is 14.6 Å². The molecule has 0 aliphatic carbocycles. The van der Waals surface area contributed by atoms with Crippen molar-refractivity contribution in [2.24, 2.45) is 0 Å². The summed E-state index contributed by atoms with van der Waals surface area (Å²) in [4.78, 5) is 2.27. The number of ether oxygens (including phenoxy) is 2. The molecule has 0 bridgehead atoms. The number of alkyl halides is 1. The highest BCUT2D eigenvalue weighted by Crippen LogP contribution is 2.39. The molecule has 1 aromatic heterocycles. The second-order valence-corrected chi connectivity index (χ2v) is 9.16. The first kappa shape index (κ1) is 21.9. The molecule has 0 saturated carbocycles. The van der Waals surface area contributed by atoms with E-state index < -0.39 is 25.0 Å². The number of rotatable bonds is 6. The van der Waals surface area contributed by atoms with Crippen molar-refractivity contribution in [2.75, 3.05) is 13.8 Å². The minimum atomic E-state index is -0.615. The average Bonchev–Trinajstić information content (AvgIpc) is 3.23. The van der Waals surface area contributed by atoms with Crippen molar-refractivity contribution in [2.45, 2.75) is 44.5 Å². The van der Waals surface area contributed by atoms with E-state index in [-0.39, 0.29) is 5.82 Å². The molecule has 1 fully saturated rings. The summed E-state index contributed by atoms with van der Waals surface area (Å²) in [7, 11) is 1.61. The molecular formula is C25H26F2O3S. The number of halogens is 2. The van der Waals surface area contributed by atoms with E-state index in [4.69, 9.17) is 9.47 Å². The molecular weight excluding hydrogens is 418 g/mol. The molecule has 31 heavy (non-hydrogen) atoms. The van der Waals surface area contributed by atoms with Gasteiger partial charge in [0.15, 0.2) is 0 Å². The van der Waals surface area contributed by atoms with Gasteiger partial charge in [0.2, 0.25) is 0 Å². The Labute approximate surface area is 185 Å². The summed E-state index contributed by atoms with van der Waals surface area (Å²) in [5, 5.41) is 10.2. The molecule has 0 radical (unpaired) electrons. The maximum atomic E-state index is 13.2. The van der Waals surface area contributed by atoms with E-state index in [2.05, 4.69) is 18.2 Å². The number of hydrogen-bond acceptors (Lipinski definition) is 4. The topological polar surface area (TPSA) is 38.7 Å². The highest BCUT2D eigenvalue weighted by atomic mass is 32.1. The minimum absolute atomic E-state index is 0.244. The normalized spacial score (nSPS) is 21.3. The van der Waals surface area contributed by atoms with E-state index in [1.807, 2.05) is 13.0 Å². The van der Waals surface area contributed by atoms with Gasteiger partial charge in [-0.1, -0.05) is 12.1 Å². The Morgan fingerprint density at radius 3 is 2.61 bits per heavy atom. The Hall–Kier alpha value is -2.28. The first-order valence-corrected chi connectivity index (χ1v) is 11.2. The van der Waals surface area contributed by atoms with E-state index in [0.717, 1.165) is 33.6 Å². The lowest BCUT2D eigenvalue weighted by Gasteiger charge is -2.33. The summed E-state index contributed by atoms with van der Waals surface area (Å²) in [6, 6.07) is 14.7. The monoisotopic (exact) mass is 444 g/mol. The van der Waals surface area contributed by atoms with Crippen LogP contribution in [0, 0.1) is 12.7 Å². The second-order valence-electron chi connectivity index (χ2n) is 8.00. The maximum absolute atomic E-state index is 13.2. The van der Waals surface area contributed by atoms with Gasteiger partial charge in [-0.3, -0.25) is 0 Å². The third-order valence-electron chi connectivity index (χ3n) is 5.74. The Balaban J connectivity index is 1.60. The molecule has 1 saturated heterocycles. The largest absolute Gasteiger partial charge is 0.496 e. The van der Waals surface area contributed by atoms with Gasteiger partial charge in [0, 0.05) is 34.6 Å². The molecule has 6 heteroatoms. The highest BCUT2D eigenvalue weighted by Gasteiger charge is 2.31. The van der Waals surface area contributed by atoms with Crippen LogP contribution in [0.25, 0.3) is 10.4 Å². The number of thiophene rings is 1. The molecule has 3 nitrogen and oxygen atoms in total. The van der Waals surface area contributed by atoms with Crippen molar-refractivity contribution in [3.63, 3.8) is 0 Å². The zero-order chi connectivity index (χ0) is 22.0. The van der Waals surface area contributed by atoms with Gasteiger partial charge in [0.1, 0.15) is 18.2 Å². The molecule has 3 aromatic rings. The fraction of sp³-hybridized carbons (Fsp3) is 0.360. The van der Waals surface area contributed by atoms with Gasteiger partial charge in [-0.2, -0.15) is 0 Å². The van der Waals surface area contributed by atoms with Gasteiger partial charge >= 0.3 is 0 Å². The molecule has 3 atom stereocenters. The van der Waals surface area contributed by atoms with Gasteiger partial charge in [0.05, 0.1) is 25.4 Å². The van der Waals surface area contributed by atoms with E-state index in [1.54, 1.807) is 30.6 Å². The molecule has 2 heterocycles. The Morgan fingerprint density at radius 2 is 1.90 bits per heavy atom. The predicted molar refractivity (Wildman–Crippen MR) is 119 cm³/mol. The van der Waals surface area contributed by atoms with Crippen LogP contribution in [-0.2, 0) is 11.2 Å². The molecule has 1 N–H and O–H groups in total. The molecule has 3 unspecified atom stereocenters. The maximum Gasteiger partial charge on any atom is 0.124 e. The molecule has 1 aliphatic heterocycles. The van der Waals surface area contributed by atoms with Crippen LogP contribution < -0.4 is 4.74 Å². The smallest absolute Gasteiger partial charge is 0.124 e. The lowest BCUT2D eigenvalue weighted by Crippen LogP contribution is -2.32. The van der Waals surface area contributed by atoms with Crippen molar-refractivity contribution in [3.8, 4) is 16.2 Å². The summed E-state index contributed by atoms with van der Waals surface area (Å²) in [5.74, 6) is 0.447. The third-order valence-corrected chi connectivity index (χ3v) is 6.87. The first-order valence-electron chi connectivity index (χ1n) is 10.4. The van der Waals surface area contributed by atoms with Crippen molar-refractivity contribution in [1.29, 1.82) is 0 Å². The van der Waals surface area contributed by atoms with Crippen LogP contribution in [0.1, 0.15) is 40.5 Å². The zero-order valence-corrected chi connectivity index (χ0v) is 18.4. The van der Waals surface area contributed by atoms with Crippen molar-refractivity contribution in [3.05, 3.63) is 75.9 Å². The van der Waals surface area contributed by atoms with Crippen molar-refractivity contribution in [1.82, 2.24) is 0 Å². The molecule has 4 rings (SSSR count). The zero-order valence-electron chi connectivity index (χ0n) is 17.6. The number of aliphatic hydroxyl groups excluding tert-OH is 1. The second kappa shape index (κ2) is 9.47. The van der Waals surface area contributed by atoms with E-state index in [9.17, 15) is 13.9 Å². The standard InChI is InChI=1S/C25H26F2O3S/c1-15-9-23(29-2)22(24-13-19(28)12-20(14-26)30-24)11-17(15)10-21-7-8-25(31-21)16-3-5-18(27)6-4-16/h3-9,11,19-20,24,28H,10,12-14H2,1-2H3. The summed E-state index contributed by atoms with van der Waals surface area (Å²) >= 11 is 1.68. The van der Waals surface area contributed by atoms with Crippen LogP contribution in [0.15, 0.2) is 48.5 Å². The predicted octanol–water partition coefficient (Wildman–Crippen LogP) is 6.01. The number of hydrogen-bond donors (Lipinski definition) is 1. The number of aryl methyl sites for hydroxylation is 1. The summed E-state index contributed by atoms with van der Waals surface area (Å²) in [6.07, 6.45) is -0.130. The molecule has 0 amide bonds. The highest BCUT2D eigenvalue weighted by molar-refractivity contribution is 7.15. The lowest BCUT2D eigenvalue weighted by atomic mass is 9.92. The first-order chi connectivity index (χ1) is 15.0. The van der Waals surface area contributed by atoms with E-state index >= 15 is 0 Å². The number of benzene rings is 2. The fourth-order valence-electron chi connectivity index (χ4n) is 4.08. The van der Waals surface area contributed by atoms with Crippen molar-refractivity contribution >= 4 is 11.3 Å². The van der Waals surface area contributed by atoms with Gasteiger partial charge in [-0.05, 0) is 60.0 Å². The SMILES string of the molecule is COc1cc(C)c(Cc2ccc(-c3ccc(F)cc3)s2)cc1C1CC(O)CC(CF)O1. The minimum Gasteiger partial charge on any atom is -0.496 e. The molecule has 1 aliphatic rings. The van der Waals surface area contributed by atoms with Crippen LogP contribution in [0.2, 0.25) is 0 Å². The summed E-state index contributed by atoms with van der Waals surface area (Å²) in [6.45, 7) is 1.42. The Bertz CT molecular complexity index is 1030. The van der Waals surface area contributed by atoms with E-state index in [1.165, 1.54) is 17.0 Å². The number of methoxy groups -OCH3 is 1. The molecule has 0 spiro atoms. The lowest BCUT2D eigenvalue weighted by molar-refractivity contribution is -0.105. The van der Waals surface area contributed by atoms with Crippen LogP contribution in [0.3, 0.4) is 0 Å². The van der Waals surface area contributed by atoms with Gasteiger partial charge in [-0.25, -0.2) is 8.78 Å². The van der Waals surface area contributed by atoms with Crippen LogP contribution in [0.4, 0.5) is 8.78 Å². The third kappa shape index (κ3) is 4.97. The summed E-state index contributed by atoms with van der Waals surface area (Å²) < 4.78 is 37.9. The number of aliphatic hydroxyl groups is 1. The molecule has 164 valence electrons. The van der Waals surface area contributed by atoms with Gasteiger partial charge in [0.25, 0.3) is 0 Å². The van der Waals surface area contributed by atoms with Crippen molar-refractivity contribution < 1.29 is 23.4 Å². The van der Waals surface area contributed by atoms with Crippen LogP contribution in [0.5, 0.6) is 5.75 Å².